The van der Waals surface area contributed by atoms with E-state index in [4.69, 9.17) is 28.2 Å². The molecule has 0 unspecified atom stereocenters. The number of carbonyl (C=O) groups excluding carboxylic acids is 1. The number of nitrogens with zero attached hydrogens (tertiary/aromatic N) is 3. The second kappa shape index (κ2) is 9.96. The van der Waals surface area contributed by atoms with Crippen LogP contribution in [0.1, 0.15) is 48.3 Å². The van der Waals surface area contributed by atoms with Crippen LogP contribution in [0.5, 0.6) is 0 Å². The molecule has 0 atom stereocenters. The summed E-state index contributed by atoms with van der Waals surface area (Å²) in [6.45, 7) is -0.339. The summed E-state index contributed by atoms with van der Waals surface area (Å²) in [5.74, 6) is 0.293. The summed E-state index contributed by atoms with van der Waals surface area (Å²) in [6.07, 6.45) is 5.42. The Hall–Kier alpha value is -1.86. The van der Waals surface area contributed by atoms with Crippen LogP contribution in [-0.2, 0) is 6.61 Å². The van der Waals surface area contributed by atoms with E-state index in [9.17, 15) is 9.90 Å². The van der Waals surface area contributed by atoms with Gasteiger partial charge in [0.2, 0.25) is 0 Å². The third-order valence-corrected chi connectivity index (χ3v) is 7.10. The molecule has 1 saturated carbocycles. The van der Waals surface area contributed by atoms with Crippen molar-refractivity contribution in [2.45, 2.75) is 44.8 Å². The molecule has 168 valence electrons. The summed E-state index contributed by atoms with van der Waals surface area (Å²) in [4.78, 5) is 20.0. The van der Waals surface area contributed by atoms with Crippen LogP contribution in [0.25, 0.3) is 17.1 Å². The standard InChI is InChI=1S/C24H24BrCl2N3O2/c1-29(17-5-3-2-4-6-17)24(32)22-21(14-31)30(18-10-7-15(25)8-11-18)23(28-22)19-12-9-16(26)13-20(19)27/h7-13,17,31H,2-6,14H2,1H3. The fourth-order valence-corrected chi connectivity index (χ4v) is 5.05. The van der Waals surface area contributed by atoms with Crippen molar-refractivity contribution in [1.82, 2.24) is 14.5 Å². The number of rotatable bonds is 5. The quantitative estimate of drug-likeness (QED) is 0.404. The smallest absolute Gasteiger partial charge is 0.274 e. The molecular formula is C24H24BrCl2N3O2. The van der Waals surface area contributed by atoms with Crippen LogP contribution in [-0.4, -0.2) is 38.6 Å². The van der Waals surface area contributed by atoms with Crippen molar-refractivity contribution in [3.8, 4) is 17.1 Å². The molecule has 2 aromatic carbocycles. The molecule has 0 aliphatic heterocycles. The first-order valence-electron chi connectivity index (χ1n) is 10.6. The molecule has 3 aromatic rings. The molecule has 1 aliphatic rings. The van der Waals surface area contributed by atoms with Crippen LogP contribution < -0.4 is 0 Å². The summed E-state index contributed by atoms with van der Waals surface area (Å²) in [6, 6.07) is 12.9. The van der Waals surface area contributed by atoms with Gasteiger partial charge in [-0.05, 0) is 55.3 Å². The van der Waals surface area contributed by atoms with Crippen LogP contribution in [0.15, 0.2) is 46.9 Å². The largest absolute Gasteiger partial charge is 0.390 e. The minimum Gasteiger partial charge on any atom is -0.390 e. The van der Waals surface area contributed by atoms with Gasteiger partial charge < -0.3 is 10.0 Å². The van der Waals surface area contributed by atoms with Crippen molar-refractivity contribution < 1.29 is 9.90 Å². The number of hydrogen-bond donors (Lipinski definition) is 1. The van der Waals surface area contributed by atoms with Crippen molar-refractivity contribution >= 4 is 45.0 Å². The molecule has 1 aromatic heterocycles. The lowest BCUT2D eigenvalue weighted by Crippen LogP contribution is -2.38. The topological polar surface area (TPSA) is 58.4 Å². The number of benzene rings is 2. The predicted molar refractivity (Wildman–Crippen MR) is 132 cm³/mol. The molecule has 5 nitrogen and oxygen atoms in total. The number of hydrogen-bond acceptors (Lipinski definition) is 3. The maximum atomic E-state index is 13.5. The van der Waals surface area contributed by atoms with Gasteiger partial charge >= 0.3 is 0 Å². The van der Waals surface area contributed by atoms with Gasteiger partial charge in [0.15, 0.2) is 5.69 Å². The molecule has 4 rings (SSSR count). The first kappa shape index (κ1) is 23.3. The minimum absolute atomic E-state index is 0.184. The Balaban J connectivity index is 1.87. The van der Waals surface area contributed by atoms with E-state index >= 15 is 0 Å². The zero-order chi connectivity index (χ0) is 22.8. The monoisotopic (exact) mass is 535 g/mol. The Bertz CT molecular complexity index is 1130. The van der Waals surface area contributed by atoms with Gasteiger partial charge in [-0.2, -0.15) is 0 Å². The van der Waals surface area contributed by atoms with E-state index in [1.807, 2.05) is 31.3 Å². The Morgan fingerprint density at radius 2 is 1.84 bits per heavy atom. The molecule has 1 N–H and O–H groups in total. The lowest BCUT2D eigenvalue weighted by molar-refractivity contribution is 0.0687. The van der Waals surface area contributed by atoms with Gasteiger partial charge in [0.25, 0.3) is 5.91 Å². The van der Waals surface area contributed by atoms with Gasteiger partial charge in [0, 0.05) is 33.8 Å². The second-order valence-electron chi connectivity index (χ2n) is 8.03. The molecule has 0 bridgehead atoms. The normalized spacial score (nSPS) is 14.5. The van der Waals surface area contributed by atoms with Crippen molar-refractivity contribution in [3.63, 3.8) is 0 Å². The fourth-order valence-electron chi connectivity index (χ4n) is 4.29. The Labute approximate surface area is 206 Å². The van der Waals surface area contributed by atoms with E-state index < -0.39 is 0 Å². The number of aromatic nitrogens is 2. The number of halogens is 3. The van der Waals surface area contributed by atoms with E-state index in [0.29, 0.717) is 27.1 Å². The number of aliphatic hydroxyl groups is 1. The van der Waals surface area contributed by atoms with E-state index in [1.54, 1.807) is 27.7 Å². The molecule has 8 heteroatoms. The minimum atomic E-state index is -0.339. The van der Waals surface area contributed by atoms with Crippen molar-refractivity contribution in [3.05, 3.63) is 68.4 Å². The lowest BCUT2D eigenvalue weighted by Gasteiger charge is -2.31. The van der Waals surface area contributed by atoms with Crippen LogP contribution in [0.4, 0.5) is 0 Å². The maximum absolute atomic E-state index is 13.5. The van der Waals surface area contributed by atoms with Crippen molar-refractivity contribution in [1.29, 1.82) is 0 Å². The van der Waals surface area contributed by atoms with Crippen LogP contribution in [0.3, 0.4) is 0 Å². The van der Waals surface area contributed by atoms with Gasteiger partial charge in [0.1, 0.15) is 5.82 Å². The van der Waals surface area contributed by atoms with Gasteiger partial charge in [-0.3, -0.25) is 9.36 Å². The number of imidazole rings is 1. The molecule has 1 aliphatic carbocycles. The molecule has 32 heavy (non-hydrogen) atoms. The Kier molecular flexibility index (Phi) is 7.25. The highest BCUT2D eigenvalue weighted by Gasteiger charge is 2.30. The average Bonchev–Trinajstić information content (AvgIpc) is 3.18. The van der Waals surface area contributed by atoms with Crippen LogP contribution in [0.2, 0.25) is 10.0 Å². The van der Waals surface area contributed by atoms with Crippen LogP contribution in [0, 0.1) is 0 Å². The zero-order valence-corrected chi connectivity index (χ0v) is 20.8. The molecule has 0 spiro atoms. The van der Waals surface area contributed by atoms with Gasteiger partial charge in [-0.1, -0.05) is 58.4 Å². The molecule has 1 amide bonds. The van der Waals surface area contributed by atoms with Crippen molar-refractivity contribution in [2.24, 2.45) is 0 Å². The SMILES string of the molecule is CN(C(=O)c1nc(-c2ccc(Cl)cc2Cl)n(-c2ccc(Br)cc2)c1CO)C1CCCCC1. The first-order valence-corrected chi connectivity index (χ1v) is 12.2. The van der Waals surface area contributed by atoms with Gasteiger partial charge in [0.05, 0.1) is 17.3 Å². The van der Waals surface area contributed by atoms with E-state index in [2.05, 4.69) is 15.9 Å². The lowest BCUT2D eigenvalue weighted by atomic mass is 9.94. The van der Waals surface area contributed by atoms with Gasteiger partial charge in [-0.15, -0.1) is 0 Å². The number of carbonyl (C=O) groups is 1. The maximum Gasteiger partial charge on any atom is 0.274 e. The third-order valence-electron chi connectivity index (χ3n) is 6.02. The zero-order valence-electron chi connectivity index (χ0n) is 17.7. The second-order valence-corrected chi connectivity index (χ2v) is 9.79. The van der Waals surface area contributed by atoms with E-state index in [-0.39, 0.29) is 24.2 Å². The van der Waals surface area contributed by atoms with Crippen molar-refractivity contribution in [2.75, 3.05) is 7.05 Å². The third kappa shape index (κ3) is 4.60. The average molecular weight is 537 g/mol. The Morgan fingerprint density at radius 3 is 2.47 bits per heavy atom. The highest BCUT2D eigenvalue weighted by molar-refractivity contribution is 9.10. The highest BCUT2D eigenvalue weighted by atomic mass is 79.9. The molecule has 0 radical (unpaired) electrons. The highest BCUT2D eigenvalue weighted by Crippen LogP contribution is 2.34. The first-order chi connectivity index (χ1) is 15.4. The summed E-state index contributed by atoms with van der Waals surface area (Å²) < 4.78 is 2.72. The number of aliphatic hydroxyl groups excluding tert-OH is 1. The fraction of sp³-hybridized carbons (Fsp3) is 0.333. The summed E-state index contributed by atoms with van der Waals surface area (Å²) >= 11 is 16.1. The summed E-state index contributed by atoms with van der Waals surface area (Å²) in [5.41, 5.74) is 2.07. The predicted octanol–water partition coefficient (Wildman–Crippen LogP) is 6.51. The van der Waals surface area contributed by atoms with Gasteiger partial charge in [-0.25, -0.2) is 4.98 Å². The molecule has 1 fully saturated rings. The van der Waals surface area contributed by atoms with E-state index in [0.717, 1.165) is 35.8 Å². The van der Waals surface area contributed by atoms with E-state index in [1.165, 1.54) is 6.42 Å². The molecule has 1 heterocycles. The molecule has 0 saturated heterocycles. The molecular weight excluding hydrogens is 513 g/mol. The van der Waals surface area contributed by atoms with Crippen LogP contribution >= 0.6 is 39.1 Å². The summed E-state index contributed by atoms with van der Waals surface area (Å²) in [5, 5.41) is 11.3. The summed E-state index contributed by atoms with van der Waals surface area (Å²) in [7, 11) is 1.83. The Morgan fingerprint density at radius 1 is 1.16 bits per heavy atom. The number of amides is 1.